The normalized spacial score (nSPS) is 11.7. The molecule has 8 nitrogen and oxygen atoms in total. The quantitative estimate of drug-likeness (QED) is 0.458. The number of H-pyrrole nitrogens is 2. The molecule has 31 heavy (non-hydrogen) atoms. The molecule has 3 rings (SSSR count). The number of fused-ring (bicyclic) bond motifs is 1. The average molecular weight is 456 g/mol. The minimum atomic E-state index is -4.65. The molecule has 0 radical (unpaired) electrons. The van der Waals surface area contributed by atoms with E-state index in [1.54, 1.807) is 18.2 Å². The molecule has 164 valence electrons. The lowest BCUT2D eigenvalue weighted by Crippen LogP contribution is -2.36. The molecular weight excluding hydrogens is 439 g/mol. The van der Waals surface area contributed by atoms with Crippen LogP contribution in [-0.4, -0.2) is 46.8 Å². The summed E-state index contributed by atoms with van der Waals surface area (Å²) in [5.41, 5.74) is 0.0805. The Labute approximate surface area is 178 Å². The van der Waals surface area contributed by atoms with E-state index >= 15 is 0 Å². The first-order valence-corrected chi connectivity index (χ1v) is 9.26. The number of carbonyl (C=O) groups is 2. The van der Waals surface area contributed by atoms with Crippen LogP contribution in [0.25, 0.3) is 11.0 Å². The highest BCUT2D eigenvalue weighted by atomic mass is 35.5. The average Bonchev–Trinajstić information content (AvgIpc) is 3.01. The van der Waals surface area contributed by atoms with Crippen molar-refractivity contribution >= 4 is 45.8 Å². The van der Waals surface area contributed by atoms with Crippen molar-refractivity contribution in [2.24, 2.45) is 0 Å². The SMILES string of the molecule is CN(CC(=O)Nc1ccc(Cl)c(C(F)(F)F)c1)CC(=O)Nc1ccc2[nH]c(=O)[nH]c2c1. The van der Waals surface area contributed by atoms with Crippen molar-refractivity contribution in [3.8, 4) is 0 Å². The fraction of sp³-hybridized carbons (Fsp3) is 0.211. The van der Waals surface area contributed by atoms with Gasteiger partial charge in [-0.05, 0) is 43.4 Å². The second-order valence-electron chi connectivity index (χ2n) is 6.80. The molecule has 0 bridgehead atoms. The zero-order valence-corrected chi connectivity index (χ0v) is 16.8. The third-order valence-corrected chi connectivity index (χ3v) is 4.51. The second-order valence-corrected chi connectivity index (χ2v) is 7.21. The monoisotopic (exact) mass is 455 g/mol. The second kappa shape index (κ2) is 8.82. The van der Waals surface area contributed by atoms with Gasteiger partial charge in [0.2, 0.25) is 11.8 Å². The van der Waals surface area contributed by atoms with Crippen LogP contribution in [0.4, 0.5) is 24.5 Å². The number of amides is 2. The summed E-state index contributed by atoms with van der Waals surface area (Å²) in [6, 6.07) is 7.86. The first-order valence-electron chi connectivity index (χ1n) is 8.88. The summed E-state index contributed by atoms with van der Waals surface area (Å²) in [5, 5.41) is 4.52. The maximum atomic E-state index is 12.9. The molecule has 3 aromatic rings. The topological polar surface area (TPSA) is 110 Å². The number of imidazole rings is 1. The molecule has 2 amide bonds. The van der Waals surface area contributed by atoms with Gasteiger partial charge in [-0.15, -0.1) is 0 Å². The van der Waals surface area contributed by atoms with Gasteiger partial charge in [0.25, 0.3) is 0 Å². The van der Waals surface area contributed by atoms with Crippen LogP contribution < -0.4 is 16.3 Å². The van der Waals surface area contributed by atoms with Crippen LogP contribution in [-0.2, 0) is 15.8 Å². The van der Waals surface area contributed by atoms with Gasteiger partial charge < -0.3 is 20.6 Å². The molecule has 0 saturated heterocycles. The Morgan fingerprint density at radius 2 is 1.52 bits per heavy atom. The highest BCUT2D eigenvalue weighted by molar-refractivity contribution is 6.31. The summed E-state index contributed by atoms with van der Waals surface area (Å²) in [5.74, 6) is -1.02. The number of carbonyl (C=O) groups excluding carboxylic acids is 2. The molecule has 0 aliphatic heterocycles. The van der Waals surface area contributed by atoms with Gasteiger partial charge in [-0.1, -0.05) is 11.6 Å². The number of aromatic amines is 2. The highest BCUT2D eigenvalue weighted by Crippen LogP contribution is 2.36. The van der Waals surface area contributed by atoms with Crippen LogP contribution in [0, 0.1) is 0 Å². The Morgan fingerprint density at radius 3 is 2.13 bits per heavy atom. The van der Waals surface area contributed by atoms with Gasteiger partial charge in [-0.2, -0.15) is 13.2 Å². The maximum absolute atomic E-state index is 12.9. The number of halogens is 4. The number of alkyl halides is 3. The first kappa shape index (κ1) is 22.4. The van der Waals surface area contributed by atoms with E-state index in [2.05, 4.69) is 20.6 Å². The van der Waals surface area contributed by atoms with Crippen molar-refractivity contribution in [2.45, 2.75) is 6.18 Å². The van der Waals surface area contributed by atoms with Crippen LogP contribution in [0.3, 0.4) is 0 Å². The molecular formula is C19H17ClF3N5O3. The van der Waals surface area contributed by atoms with E-state index in [0.29, 0.717) is 16.7 Å². The molecule has 1 heterocycles. The van der Waals surface area contributed by atoms with Gasteiger partial charge >= 0.3 is 11.9 Å². The summed E-state index contributed by atoms with van der Waals surface area (Å²) in [7, 11) is 1.51. The lowest BCUT2D eigenvalue weighted by molar-refractivity contribution is -0.137. The van der Waals surface area contributed by atoms with Crippen molar-refractivity contribution in [1.82, 2.24) is 14.9 Å². The lowest BCUT2D eigenvalue weighted by Gasteiger charge is -2.17. The van der Waals surface area contributed by atoms with Gasteiger partial charge in [0, 0.05) is 11.4 Å². The van der Waals surface area contributed by atoms with E-state index in [1.165, 1.54) is 18.0 Å². The summed E-state index contributed by atoms with van der Waals surface area (Å²) in [6.45, 7) is -0.384. The van der Waals surface area contributed by atoms with Crippen molar-refractivity contribution in [3.05, 3.63) is 57.5 Å². The van der Waals surface area contributed by atoms with Gasteiger partial charge in [0.15, 0.2) is 0 Å². The van der Waals surface area contributed by atoms with Crippen LogP contribution in [0.15, 0.2) is 41.2 Å². The highest BCUT2D eigenvalue weighted by Gasteiger charge is 2.33. The van der Waals surface area contributed by atoms with Crippen molar-refractivity contribution < 1.29 is 22.8 Å². The summed E-state index contributed by atoms with van der Waals surface area (Å²) in [6.07, 6.45) is -4.65. The predicted molar refractivity (Wildman–Crippen MR) is 110 cm³/mol. The fourth-order valence-electron chi connectivity index (χ4n) is 2.88. The summed E-state index contributed by atoms with van der Waals surface area (Å²) >= 11 is 5.55. The molecule has 12 heteroatoms. The molecule has 2 aromatic carbocycles. The Balaban J connectivity index is 1.54. The molecule has 0 spiro atoms. The van der Waals surface area contributed by atoms with Crippen molar-refractivity contribution in [3.63, 3.8) is 0 Å². The van der Waals surface area contributed by atoms with Gasteiger partial charge in [-0.3, -0.25) is 14.5 Å². The number of nitrogens with zero attached hydrogens (tertiary/aromatic N) is 1. The number of rotatable bonds is 6. The Bertz CT molecular complexity index is 1190. The molecule has 1 aromatic heterocycles. The van der Waals surface area contributed by atoms with Gasteiger partial charge in [0.1, 0.15) is 0 Å². The van der Waals surface area contributed by atoms with Crippen LogP contribution in [0.1, 0.15) is 5.56 Å². The van der Waals surface area contributed by atoms with Crippen molar-refractivity contribution in [2.75, 3.05) is 30.8 Å². The van der Waals surface area contributed by atoms with E-state index in [-0.39, 0.29) is 24.5 Å². The van der Waals surface area contributed by atoms with Crippen LogP contribution in [0.5, 0.6) is 0 Å². The standard InChI is InChI=1S/C19H17ClF3N5O3/c1-28(8-16(29)24-10-2-4-13(20)12(6-10)19(21,22)23)9-17(30)25-11-3-5-14-15(7-11)27-18(31)26-14/h2-7H,8-9H2,1H3,(H,24,29)(H,25,30)(H2,26,27,31). The van der Waals surface area contributed by atoms with E-state index in [1.807, 2.05) is 0 Å². The molecule has 4 N–H and O–H groups in total. The fourth-order valence-corrected chi connectivity index (χ4v) is 3.10. The first-order chi connectivity index (χ1) is 14.5. The number of hydrogen-bond acceptors (Lipinski definition) is 4. The molecule has 0 saturated carbocycles. The van der Waals surface area contributed by atoms with Gasteiger partial charge in [-0.25, -0.2) is 4.79 Å². The van der Waals surface area contributed by atoms with Crippen LogP contribution >= 0.6 is 11.6 Å². The van der Waals surface area contributed by atoms with Crippen molar-refractivity contribution in [1.29, 1.82) is 0 Å². The zero-order valence-electron chi connectivity index (χ0n) is 16.1. The number of likely N-dealkylation sites (N-methyl/N-ethyl adjacent to an activating group) is 1. The zero-order chi connectivity index (χ0) is 22.8. The number of nitrogens with one attached hydrogen (secondary N) is 4. The lowest BCUT2D eigenvalue weighted by atomic mass is 10.2. The molecule has 0 fully saturated rings. The van der Waals surface area contributed by atoms with E-state index in [0.717, 1.165) is 12.1 Å². The third kappa shape index (κ3) is 5.86. The van der Waals surface area contributed by atoms with Crippen LogP contribution in [0.2, 0.25) is 5.02 Å². The molecule has 0 unspecified atom stereocenters. The van der Waals surface area contributed by atoms with E-state index in [4.69, 9.17) is 11.6 Å². The number of hydrogen-bond donors (Lipinski definition) is 4. The summed E-state index contributed by atoms with van der Waals surface area (Å²) < 4.78 is 38.8. The smallest absolute Gasteiger partial charge is 0.325 e. The minimum absolute atomic E-state index is 0.0617. The Kier molecular flexibility index (Phi) is 6.37. The van der Waals surface area contributed by atoms with E-state index in [9.17, 15) is 27.6 Å². The Morgan fingerprint density at radius 1 is 0.968 bits per heavy atom. The largest absolute Gasteiger partial charge is 0.417 e. The molecule has 0 atom stereocenters. The number of benzene rings is 2. The minimum Gasteiger partial charge on any atom is -0.325 e. The molecule has 0 aliphatic rings. The van der Waals surface area contributed by atoms with E-state index < -0.39 is 28.6 Å². The number of anilines is 2. The molecule has 0 aliphatic carbocycles. The van der Waals surface area contributed by atoms with Gasteiger partial charge in [0.05, 0.1) is 34.7 Å². The Hall–Kier alpha value is -3.31. The number of aromatic nitrogens is 2. The predicted octanol–water partition coefficient (Wildman–Crippen LogP) is 3.04. The maximum Gasteiger partial charge on any atom is 0.417 e. The third-order valence-electron chi connectivity index (χ3n) is 4.18. The summed E-state index contributed by atoms with van der Waals surface area (Å²) in [4.78, 5) is 42.1.